The van der Waals surface area contributed by atoms with Gasteiger partial charge in [0, 0.05) is 18.7 Å². The fourth-order valence-corrected chi connectivity index (χ4v) is 2.52. The molecule has 0 bridgehead atoms. The van der Waals surface area contributed by atoms with Crippen LogP contribution in [0.25, 0.3) is 0 Å². The fourth-order valence-electron chi connectivity index (χ4n) is 2.52. The lowest BCUT2D eigenvalue weighted by molar-refractivity contribution is 0.432. The SMILES string of the molecule is CCCC1CCCCN1c1cc(NN)ncn1. The van der Waals surface area contributed by atoms with Gasteiger partial charge in [-0.3, -0.25) is 0 Å². The molecule has 1 aliphatic rings. The van der Waals surface area contributed by atoms with Gasteiger partial charge in [-0.1, -0.05) is 13.3 Å². The predicted molar refractivity (Wildman–Crippen MR) is 69.7 cm³/mol. The summed E-state index contributed by atoms with van der Waals surface area (Å²) in [6.07, 6.45) is 7.86. The Bertz CT molecular complexity index is 353. The number of hydrazine groups is 1. The Morgan fingerprint density at radius 1 is 1.47 bits per heavy atom. The second kappa shape index (κ2) is 5.82. The standard InChI is InChI=1S/C12H21N5/c1-2-5-10-6-3-4-7-17(10)12-8-11(16-13)14-9-15-12/h8-10H,2-7,13H2,1H3,(H,14,15,16). The molecule has 0 radical (unpaired) electrons. The van der Waals surface area contributed by atoms with E-state index in [1.165, 1.54) is 32.1 Å². The van der Waals surface area contributed by atoms with E-state index in [0.717, 1.165) is 12.4 Å². The van der Waals surface area contributed by atoms with Gasteiger partial charge in [0.25, 0.3) is 0 Å². The third-order valence-corrected chi connectivity index (χ3v) is 3.34. The van der Waals surface area contributed by atoms with E-state index in [1.54, 1.807) is 6.33 Å². The molecule has 0 aromatic carbocycles. The maximum atomic E-state index is 5.38. The maximum Gasteiger partial charge on any atom is 0.145 e. The Hall–Kier alpha value is -1.36. The van der Waals surface area contributed by atoms with Crippen LogP contribution < -0.4 is 16.2 Å². The molecule has 0 amide bonds. The first-order valence-electron chi connectivity index (χ1n) is 6.40. The van der Waals surface area contributed by atoms with Crippen molar-refractivity contribution >= 4 is 11.6 Å². The average Bonchev–Trinajstić information content (AvgIpc) is 2.40. The van der Waals surface area contributed by atoms with E-state index < -0.39 is 0 Å². The van der Waals surface area contributed by atoms with E-state index in [4.69, 9.17) is 5.84 Å². The van der Waals surface area contributed by atoms with Gasteiger partial charge in [-0.25, -0.2) is 15.8 Å². The largest absolute Gasteiger partial charge is 0.353 e. The van der Waals surface area contributed by atoms with Crippen LogP contribution in [0.5, 0.6) is 0 Å². The molecule has 0 saturated carbocycles. The Morgan fingerprint density at radius 3 is 3.12 bits per heavy atom. The van der Waals surface area contributed by atoms with E-state index >= 15 is 0 Å². The summed E-state index contributed by atoms with van der Waals surface area (Å²) in [6, 6.07) is 2.54. The molecule has 1 atom stereocenters. The molecule has 5 heteroatoms. The zero-order chi connectivity index (χ0) is 12.1. The second-order valence-corrected chi connectivity index (χ2v) is 4.54. The average molecular weight is 235 g/mol. The van der Waals surface area contributed by atoms with Gasteiger partial charge in [0.05, 0.1) is 0 Å². The van der Waals surface area contributed by atoms with Crippen molar-refractivity contribution in [2.75, 3.05) is 16.9 Å². The molecule has 0 spiro atoms. The summed E-state index contributed by atoms with van der Waals surface area (Å²) in [7, 11) is 0. The fraction of sp³-hybridized carbons (Fsp3) is 0.667. The molecule has 1 aromatic heterocycles. The van der Waals surface area contributed by atoms with E-state index in [1.807, 2.05) is 6.07 Å². The molecule has 17 heavy (non-hydrogen) atoms. The van der Waals surface area contributed by atoms with Gasteiger partial charge in [0.15, 0.2) is 0 Å². The number of nitrogen functional groups attached to an aromatic ring is 1. The number of hydrogen-bond acceptors (Lipinski definition) is 5. The highest BCUT2D eigenvalue weighted by atomic mass is 15.3. The number of piperidine rings is 1. The molecule has 0 aliphatic carbocycles. The molecular weight excluding hydrogens is 214 g/mol. The molecule has 1 aliphatic heterocycles. The summed E-state index contributed by atoms with van der Waals surface area (Å²) in [4.78, 5) is 10.8. The third-order valence-electron chi connectivity index (χ3n) is 3.34. The van der Waals surface area contributed by atoms with Crippen molar-refractivity contribution in [1.82, 2.24) is 9.97 Å². The quantitative estimate of drug-likeness (QED) is 0.616. The van der Waals surface area contributed by atoms with Crippen LogP contribution in [-0.2, 0) is 0 Å². The van der Waals surface area contributed by atoms with Crippen LogP contribution in [0.1, 0.15) is 39.0 Å². The van der Waals surface area contributed by atoms with Gasteiger partial charge in [0.2, 0.25) is 0 Å². The minimum atomic E-state index is 0.620. The van der Waals surface area contributed by atoms with Gasteiger partial charge in [-0.2, -0.15) is 0 Å². The highest BCUT2D eigenvalue weighted by Crippen LogP contribution is 2.26. The van der Waals surface area contributed by atoms with Crippen molar-refractivity contribution in [3.05, 3.63) is 12.4 Å². The van der Waals surface area contributed by atoms with Crippen molar-refractivity contribution < 1.29 is 0 Å². The summed E-state index contributed by atoms with van der Waals surface area (Å²) in [6.45, 7) is 3.32. The molecule has 1 aromatic rings. The van der Waals surface area contributed by atoms with Crippen LogP contribution in [0.15, 0.2) is 12.4 Å². The van der Waals surface area contributed by atoms with Crippen molar-refractivity contribution in [3.63, 3.8) is 0 Å². The molecule has 3 N–H and O–H groups in total. The number of nitrogens with zero attached hydrogens (tertiary/aromatic N) is 3. The Balaban J connectivity index is 2.16. The highest BCUT2D eigenvalue weighted by Gasteiger charge is 2.22. The summed E-state index contributed by atoms with van der Waals surface area (Å²) in [5.74, 6) is 7.05. The van der Waals surface area contributed by atoms with Crippen molar-refractivity contribution in [2.24, 2.45) is 5.84 Å². The van der Waals surface area contributed by atoms with Crippen LogP contribution in [-0.4, -0.2) is 22.6 Å². The first kappa shape index (κ1) is 12.1. The smallest absolute Gasteiger partial charge is 0.145 e. The van der Waals surface area contributed by atoms with Crippen LogP contribution in [0.3, 0.4) is 0 Å². The number of anilines is 2. The van der Waals surface area contributed by atoms with Gasteiger partial charge in [-0.05, 0) is 25.7 Å². The third kappa shape index (κ3) is 2.85. The zero-order valence-electron chi connectivity index (χ0n) is 10.4. The Kier molecular flexibility index (Phi) is 4.14. The van der Waals surface area contributed by atoms with E-state index in [9.17, 15) is 0 Å². The van der Waals surface area contributed by atoms with Gasteiger partial charge in [0.1, 0.15) is 18.0 Å². The summed E-state index contributed by atoms with van der Waals surface area (Å²) < 4.78 is 0. The number of hydrogen-bond donors (Lipinski definition) is 2. The Morgan fingerprint density at radius 2 is 2.35 bits per heavy atom. The van der Waals surface area contributed by atoms with Crippen LogP contribution in [0.4, 0.5) is 11.6 Å². The topological polar surface area (TPSA) is 67.1 Å². The second-order valence-electron chi connectivity index (χ2n) is 4.54. The summed E-state index contributed by atoms with van der Waals surface area (Å²) in [5.41, 5.74) is 2.58. The molecule has 94 valence electrons. The molecular formula is C12H21N5. The number of rotatable bonds is 4. The van der Waals surface area contributed by atoms with Crippen molar-refractivity contribution in [1.29, 1.82) is 0 Å². The minimum absolute atomic E-state index is 0.620. The lowest BCUT2D eigenvalue weighted by atomic mass is 9.98. The molecule has 2 rings (SSSR count). The number of nitrogens with one attached hydrogen (secondary N) is 1. The first-order valence-corrected chi connectivity index (χ1v) is 6.40. The van der Waals surface area contributed by atoms with E-state index in [2.05, 4.69) is 27.2 Å². The maximum absolute atomic E-state index is 5.38. The minimum Gasteiger partial charge on any atom is -0.353 e. The van der Waals surface area contributed by atoms with E-state index in [0.29, 0.717) is 11.9 Å². The molecule has 1 unspecified atom stereocenters. The summed E-state index contributed by atoms with van der Waals surface area (Å²) in [5, 5.41) is 0. The first-order chi connectivity index (χ1) is 8.35. The highest BCUT2D eigenvalue weighted by molar-refractivity contribution is 5.48. The molecule has 5 nitrogen and oxygen atoms in total. The molecule has 2 heterocycles. The Labute approximate surface area is 102 Å². The molecule has 1 fully saturated rings. The lowest BCUT2D eigenvalue weighted by Crippen LogP contribution is -2.40. The monoisotopic (exact) mass is 235 g/mol. The van der Waals surface area contributed by atoms with Gasteiger partial charge < -0.3 is 10.3 Å². The zero-order valence-corrected chi connectivity index (χ0v) is 10.4. The van der Waals surface area contributed by atoms with Gasteiger partial charge >= 0.3 is 0 Å². The van der Waals surface area contributed by atoms with Gasteiger partial charge in [-0.15, -0.1) is 0 Å². The van der Waals surface area contributed by atoms with Crippen LogP contribution in [0, 0.1) is 0 Å². The van der Waals surface area contributed by atoms with Crippen LogP contribution in [0.2, 0.25) is 0 Å². The lowest BCUT2D eigenvalue weighted by Gasteiger charge is -2.36. The molecule has 1 saturated heterocycles. The van der Waals surface area contributed by atoms with E-state index in [-0.39, 0.29) is 0 Å². The normalized spacial score (nSPS) is 20.4. The number of nitrogens with two attached hydrogens (primary N) is 1. The van der Waals surface area contributed by atoms with Crippen molar-refractivity contribution in [3.8, 4) is 0 Å². The number of aromatic nitrogens is 2. The predicted octanol–water partition coefficient (Wildman–Crippen LogP) is 1.92. The van der Waals surface area contributed by atoms with Crippen LogP contribution >= 0.6 is 0 Å². The van der Waals surface area contributed by atoms with Crippen molar-refractivity contribution in [2.45, 2.75) is 45.1 Å². The summed E-state index contributed by atoms with van der Waals surface area (Å²) >= 11 is 0.